The van der Waals surface area contributed by atoms with Crippen LogP contribution < -0.4 is 5.32 Å². The maximum Gasteiger partial charge on any atom is 0.273 e. The molecule has 1 heterocycles. The number of nitrogens with one attached hydrogen (secondary N) is 1. The Hall–Kier alpha value is -2.21. The Kier molecular flexibility index (Phi) is 3.94. The standard InChI is InChI=1S/C16H20N4O2/c1-12-4-6-13(7-5-12)20-10-14(18-19-20)15(22)17-16(11-21)8-2-3-9-16/h4-7,10,21H,2-3,8-9,11H2,1H3,(H,17,22). The van der Waals surface area contributed by atoms with Crippen LogP contribution in [-0.2, 0) is 0 Å². The van der Waals surface area contributed by atoms with Crippen LogP contribution in [0.2, 0.25) is 0 Å². The van der Waals surface area contributed by atoms with Gasteiger partial charge in [-0.25, -0.2) is 4.68 Å². The van der Waals surface area contributed by atoms with Crippen LogP contribution in [0.5, 0.6) is 0 Å². The van der Waals surface area contributed by atoms with Crippen LogP contribution in [0.3, 0.4) is 0 Å². The van der Waals surface area contributed by atoms with Crippen LogP contribution in [0.25, 0.3) is 5.69 Å². The molecule has 0 unspecified atom stereocenters. The molecular weight excluding hydrogens is 280 g/mol. The maximum atomic E-state index is 12.3. The summed E-state index contributed by atoms with van der Waals surface area (Å²) in [5.74, 6) is -0.283. The third-order valence-electron chi connectivity index (χ3n) is 4.27. The molecule has 116 valence electrons. The second kappa shape index (κ2) is 5.88. The maximum absolute atomic E-state index is 12.3. The van der Waals surface area contributed by atoms with Gasteiger partial charge in [-0.15, -0.1) is 5.10 Å². The Morgan fingerprint density at radius 1 is 1.32 bits per heavy atom. The Morgan fingerprint density at radius 3 is 2.64 bits per heavy atom. The molecule has 0 atom stereocenters. The monoisotopic (exact) mass is 300 g/mol. The molecule has 1 aliphatic rings. The summed E-state index contributed by atoms with van der Waals surface area (Å²) in [6.07, 6.45) is 5.27. The minimum atomic E-state index is -0.495. The largest absolute Gasteiger partial charge is 0.394 e. The molecule has 1 amide bonds. The van der Waals surface area contributed by atoms with E-state index in [2.05, 4.69) is 15.6 Å². The molecule has 1 aliphatic carbocycles. The summed E-state index contributed by atoms with van der Waals surface area (Å²) in [5, 5.41) is 20.4. The first kappa shape index (κ1) is 14.7. The molecule has 2 N–H and O–H groups in total. The highest BCUT2D eigenvalue weighted by molar-refractivity contribution is 5.92. The number of hydrogen-bond acceptors (Lipinski definition) is 4. The van der Waals surface area contributed by atoms with Gasteiger partial charge in [0.15, 0.2) is 5.69 Å². The molecule has 0 saturated heterocycles. The molecule has 22 heavy (non-hydrogen) atoms. The Morgan fingerprint density at radius 2 is 2.00 bits per heavy atom. The Bertz CT molecular complexity index is 657. The third-order valence-corrected chi connectivity index (χ3v) is 4.27. The molecule has 0 bridgehead atoms. The smallest absolute Gasteiger partial charge is 0.273 e. The Balaban J connectivity index is 1.75. The van der Waals surface area contributed by atoms with Gasteiger partial charge in [-0.3, -0.25) is 4.79 Å². The van der Waals surface area contributed by atoms with Crippen LogP contribution in [0.15, 0.2) is 30.5 Å². The number of nitrogens with zero attached hydrogens (tertiary/aromatic N) is 3. The van der Waals surface area contributed by atoms with Gasteiger partial charge in [0.25, 0.3) is 5.91 Å². The van der Waals surface area contributed by atoms with E-state index in [0.717, 1.165) is 36.9 Å². The van der Waals surface area contributed by atoms with Crippen molar-refractivity contribution in [3.05, 3.63) is 41.7 Å². The predicted molar refractivity (Wildman–Crippen MR) is 81.8 cm³/mol. The lowest BCUT2D eigenvalue weighted by molar-refractivity contribution is 0.0833. The summed E-state index contributed by atoms with van der Waals surface area (Å²) in [6.45, 7) is 1.98. The average molecular weight is 300 g/mol. The zero-order valence-electron chi connectivity index (χ0n) is 12.6. The van der Waals surface area contributed by atoms with Gasteiger partial charge in [0.2, 0.25) is 0 Å². The summed E-state index contributed by atoms with van der Waals surface area (Å²) in [5.41, 5.74) is 1.79. The van der Waals surface area contributed by atoms with Crippen LogP contribution in [0, 0.1) is 6.92 Å². The van der Waals surface area contributed by atoms with Crippen molar-refractivity contribution < 1.29 is 9.90 Å². The number of aliphatic hydroxyl groups excluding tert-OH is 1. The minimum absolute atomic E-state index is 0.0369. The number of aromatic nitrogens is 3. The lowest BCUT2D eigenvalue weighted by atomic mass is 9.99. The van der Waals surface area contributed by atoms with E-state index in [1.54, 1.807) is 10.9 Å². The molecule has 2 aromatic rings. The van der Waals surface area contributed by atoms with E-state index < -0.39 is 5.54 Å². The molecule has 6 nitrogen and oxygen atoms in total. The highest BCUT2D eigenvalue weighted by Crippen LogP contribution is 2.29. The van der Waals surface area contributed by atoms with Gasteiger partial charge in [0, 0.05) is 0 Å². The van der Waals surface area contributed by atoms with Crippen molar-refractivity contribution >= 4 is 5.91 Å². The van der Waals surface area contributed by atoms with Crippen LogP contribution in [0.4, 0.5) is 0 Å². The van der Waals surface area contributed by atoms with Crippen LogP contribution >= 0.6 is 0 Å². The molecule has 1 aromatic carbocycles. The number of benzene rings is 1. The van der Waals surface area contributed by atoms with Crippen LogP contribution in [0.1, 0.15) is 41.7 Å². The number of amides is 1. The summed E-state index contributed by atoms with van der Waals surface area (Å²) < 4.78 is 1.58. The van der Waals surface area contributed by atoms with Crippen LogP contribution in [-0.4, -0.2) is 38.2 Å². The van der Waals surface area contributed by atoms with Crippen molar-refractivity contribution in [2.24, 2.45) is 0 Å². The predicted octanol–water partition coefficient (Wildman–Crippen LogP) is 1.61. The highest BCUT2D eigenvalue weighted by Gasteiger charge is 2.35. The molecule has 1 fully saturated rings. The summed E-state index contributed by atoms with van der Waals surface area (Å²) in [7, 11) is 0. The molecule has 1 saturated carbocycles. The summed E-state index contributed by atoms with van der Waals surface area (Å²) in [6, 6.07) is 7.82. The number of hydrogen-bond donors (Lipinski definition) is 2. The fourth-order valence-corrected chi connectivity index (χ4v) is 2.87. The lowest BCUT2D eigenvalue weighted by Gasteiger charge is -2.27. The third kappa shape index (κ3) is 2.87. The number of aryl methyl sites for hydroxylation is 1. The van der Waals surface area contributed by atoms with Gasteiger partial charge in [0.05, 0.1) is 24.0 Å². The zero-order valence-corrected chi connectivity index (χ0v) is 12.6. The number of carbonyl (C=O) groups excluding carboxylic acids is 1. The minimum Gasteiger partial charge on any atom is -0.394 e. The molecule has 1 aromatic heterocycles. The first-order valence-electron chi connectivity index (χ1n) is 7.55. The van der Waals surface area contributed by atoms with Crippen molar-refractivity contribution in [1.82, 2.24) is 20.3 Å². The van der Waals surface area contributed by atoms with Crippen molar-refractivity contribution in [2.75, 3.05) is 6.61 Å². The van der Waals surface area contributed by atoms with Crippen molar-refractivity contribution in [3.8, 4) is 5.69 Å². The van der Waals surface area contributed by atoms with Gasteiger partial charge in [-0.05, 0) is 31.9 Å². The van der Waals surface area contributed by atoms with Crippen molar-refractivity contribution in [2.45, 2.75) is 38.1 Å². The summed E-state index contributed by atoms with van der Waals surface area (Å²) >= 11 is 0. The van der Waals surface area contributed by atoms with E-state index in [1.165, 1.54) is 0 Å². The van der Waals surface area contributed by atoms with E-state index in [1.807, 2.05) is 31.2 Å². The Labute approximate surface area is 129 Å². The molecule has 0 aliphatic heterocycles. The number of aliphatic hydroxyl groups is 1. The van der Waals surface area contributed by atoms with Crippen molar-refractivity contribution in [3.63, 3.8) is 0 Å². The summed E-state index contributed by atoms with van der Waals surface area (Å²) in [4.78, 5) is 12.3. The molecule has 0 radical (unpaired) electrons. The molecule has 3 rings (SSSR count). The second-order valence-corrected chi connectivity index (χ2v) is 5.98. The number of rotatable bonds is 4. The van der Waals surface area contributed by atoms with Gasteiger partial charge in [-0.2, -0.15) is 0 Å². The van der Waals surface area contributed by atoms with E-state index >= 15 is 0 Å². The van der Waals surface area contributed by atoms with E-state index in [9.17, 15) is 9.90 Å². The SMILES string of the molecule is Cc1ccc(-n2cc(C(=O)NC3(CO)CCCC3)nn2)cc1. The molecular formula is C16H20N4O2. The zero-order chi connectivity index (χ0) is 15.6. The average Bonchev–Trinajstić information content (AvgIpc) is 3.18. The van der Waals surface area contributed by atoms with Gasteiger partial charge in [-0.1, -0.05) is 35.8 Å². The van der Waals surface area contributed by atoms with Gasteiger partial charge in [0.1, 0.15) is 0 Å². The first-order valence-corrected chi connectivity index (χ1v) is 7.55. The lowest BCUT2D eigenvalue weighted by Crippen LogP contribution is -2.49. The topological polar surface area (TPSA) is 80.0 Å². The number of carbonyl (C=O) groups is 1. The molecule has 0 spiro atoms. The fourth-order valence-electron chi connectivity index (χ4n) is 2.87. The fraction of sp³-hybridized carbons (Fsp3) is 0.438. The van der Waals surface area contributed by atoms with E-state index in [-0.39, 0.29) is 18.2 Å². The van der Waals surface area contributed by atoms with Crippen molar-refractivity contribution in [1.29, 1.82) is 0 Å². The van der Waals surface area contributed by atoms with Gasteiger partial charge >= 0.3 is 0 Å². The van der Waals surface area contributed by atoms with E-state index in [4.69, 9.17) is 0 Å². The highest BCUT2D eigenvalue weighted by atomic mass is 16.3. The van der Waals surface area contributed by atoms with E-state index in [0.29, 0.717) is 0 Å². The first-order chi connectivity index (χ1) is 10.6. The quantitative estimate of drug-likeness (QED) is 0.899. The van der Waals surface area contributed by atoms with Gasteiger partial charge < -0.3 is 10.4 Å². The normalized spacial score (nSPS) is 16.6. The second-order valence-electron chi connectivity index (χ2n) is 5.98. The molecule has 6 heteroatoms.